The van der Waals surface area contributed by atoms with Gasteiger partial charge in [-0.1, -0.05) is 37.3 Å². The van der Waals surface area contributed by atoms with Gasteiger partial charge in [0.1, 0.15) is 0 Å². The molecule has 0 radical (unpaired) electrons. The van der Waals surface area contributed by atoms with Crippen LogP contribution in [0.4, 0.5) is 11.4 Å². The molecule has 2 aromatic rings. The first-order chi connectivity index (χ1) is 11.7. The minimum atomic E-state index is -0.166. The molecule has 1 saturated carbocycles. The maximum atomic E-state index is 12.5. The van der Waals surface area contributed by atoms with Crippen LogP contribution in [0.25, 0.3) is 0 Å². The fraction of sp³-hybridized carbons (Fsp3) is 0.300. The van der Waals surface area contributed by atoms with Crippen LogP contribution >= 0.6 is 0 Å². The third-order valence-corrected chi connectivity index (χ3v) is 4.29. The van der Waals surface area contributed by atoms with E-state index < -0.39 is 0 Å². The molecule has 24 heavy (non-hydrogen) atoms. The Morgan fingerprint density at radius 3 is 2.08 bits per heavy atom. The topological polar surface area (TPSA) is 58.2 Å². The molecule has 0 aromatic heterocycles. The van der Waals surface area contributed by atoms with Gasteiger partial charge in [0.2, 0.25) is 11.8 Å². The standard InChI is InChI=1S/C20H22N2O2/c1-2-18(14-6-4-3-5-7-14)20(24)22-17-12-10-16(11-13-17)21-19(23)15-8-9-15/h3-7,10-13,15,18H,2,8-9H2,1H3,(H,21,23)(H,22,24). The van der Waals surface area contributed by atoms with Crippen molar-refractivity contribution in [3.8, 4) is 0 Å². The third kappa shape index (κ3) is 4.02. The molecule has 0 aliphatic heterocycles. The Morgan fingerprint density at radius 1 is 0.958 bits per heavy atom. The van der Waals surface area contributed by atoms with Crippen LogP contribution in [0.3, 0.4) is 0 Å². The van der Waals surface area contributed by atoms with Crippen molar-refractivity contribution in [1.29, 1.82) is 0 Å². The predicted molar refractivity (Wildman–Crippen MR) is 95.9 cm³/mol. The maximum Gasteiger partial charge on any atom is 0.231 e. The van der Waals surface area contributed by atoms with Gasteiger partial charge < -0.3 is 10.6 Å². The lowest BCUT2D eigenvalue weighted by Gasteiger charge is -2.15. The molecule has 0 spiro atoms. The van der Waals surface area contributed by atoms with Gasteiger partial charge in [-0.2, -0.15) is 0 Å². The summed E-state index contributed by atoms with van der Waals surface area (Å²) in [5.41, 5.74) is 2.52. The number of benzene rings is 2. The number of carbonyl (C=O) groups is 2. The summed E-state index contributed by atoms with van der Waals surface area (Å²) in [6.07, 6.45) is 2.71. The molecule has 4 nitrogen and oxygen atoms in total. The molecule has 1 fully saturated rings. The molecule has 4 heteroatoms. The van der Waals surface area contributed by atoms with E-state index in [1.807, 2.05) is 61.5 Å². The van der Waals surface area contributed by atoms with E-state index in [0.29, 0.717) is 0 Å². The predicted octanol–water partition coefficient (Wildman–Crippen LogP) is 4.17. The SMILES string of the molecule is CCC(C(=O)Nc1ccc(NC(=O)C2CC2)cc1)c1ccccc1. The van der Waals surface area contributed by atoms with Crippen LogP contribution in [0.5, 0.6) is 0 Å². The van der Waals surface area contributed by atoms with Gasteiger partial charge in [0.15, 0.2) is 0 Å². The second-order valence-corrected chi connectivity index (χ2v) is 6.20. The minimum Gasteiger partial charge on any atom is -0.326 e. The fourth-order valence-corrected chi connectivity index (χ4v) is 2.71. The number of hydrogen-bond donors (Lipinski definition) is 2. The van der Waals surface area contributed by atoms with Crippen molar-refractivity contribution >= 4 is 23.2 Å². The summed E-state index contributed by atoms with van der Waals surface area (Å²) in [5.74, 6) is 0.0846. The third-order valence-electron chi connectivity index (χ3n) is 4.29. The van der Waals surface area contributed by atoms with Crippen molar-refractivity contribution in [3.63, 3.8) is 0 Å². The molecule has 1 aliphatic carbocycles. The van der Waals surface area contributed by atoms with E-state index in [4.69, 9.17) is 0 Å². The quantitative estimate of drug-likeness (QED) is 0.838. The van der Waals surface area contributed by atoms with Crippen molar-refractivity contribution in [2.24, 2.45) is 5.92 Å². The van der Waals surface area contributed by atoms with E-state index in [2.05, 4.69) is 10.6 Å². The first-order valence-corrected chi connectivity index (χ1v) is 8.44. The molecule has 2 N–H and O–H groups in total. The second-order valence-electron chi connectivity index (χ2n) is 6.20. The Morgan fingerprint density at radius 2 is 1.54 bits per heavy atom. The van der Waals surface area contributed by atoms with Crippen LogP contribution in [0.15, 0.2) is 54.6 Å². The zero-order chi connectivity index (χ0) is 16.9. The summed E-state index contributed by atoms with van der Waals surface area (Å²) in [4.78, 5) is 24.3. The molecular weight excluding hydrogens is 300 g/mol. The average molecular weight is 322 g/mol. The molecule has 2 aromatic carbocycles. The van der Waals surface area contributed by atoms with Gasteiger partial charge in [-0.3, -0.25) is 9.59 Å². The first kappa shape index (κ1) is 16.2. The first-order valence-electron chi connectivity index (χ1n) is 8.44. The van der Waals surface area contributed by atoms with E-state index in [1.54, 1.807) is 0 Å². The lowest BCUT2D eigenvalue weighted by molar-refractivity contribution is -0.118. The van der Waals surface area contributed by atoms with Crippen LogP contribution in [0.1, 0.15) is 37.7 Å². The van der Waals surface area contributed by atoms with E-state index >= 15 is 0 Å². The number of carbonyl (C=O) groups excluding carboxylic acids is 2. The summed E-state index contributed by atoms with van der Waals surface area (Å²) in [6.45, 7) is 2.01. The highest BCUT2D eigenvalue weighted by Crippen LogP contribution is 2.30. The van der Waals surface area contributed by atoms with Crippen LogP contribution in [-0.4, -0.2) is 11.8 Å². The van der Waals surface area contributed by atoms with Crippen LogP contribution < -0.4 is 10.6 Å². The highest BCUT2D eigenvalue weighted by atomic mass is 16.2. The zero-order valence-corrected chi connectivity index (χ0v) is 13.8. The molecule has 3 rings (SSSR count). The summed E-state index contributed by atoms with van der Waals surface area (Å²) >= 11 is 0. The Hall–Kier alpha value is -2.62. The van der Waals surface area contributed by atoms with Gasteiger partial charge in [-0.15, -0.1) is 0 Å². The minimum absolute atomic E-state index is 0.0153. The van der Waals surface area contributed by atoms with E-state index in [-0.39, 0.29) is 23.7 Å². The zero-order valence-electron chi connectivity index (χ0n) is 13.8. The van der Waals surface area contributed by atoms with E-state index in [9.17, 15) is 9.59 Å². The number of anilines is 2. The number of amides is 2. The van der Waals surface area contributed by atoms with Gasteiger partial charge in [-0.25, -0.2) is 0 Å². The highest BCUT2D eigenvalue weighted by molar-refractivity contribution is 5.97. The van der Waals surface area contributed by atoms with Crippen molar-refractivity contribution in [2.45, 2.75) is 32.1 Å². The number of hydrogen-bond acceptors (Lipinski definition) is 2. The Labute approximate surface area is 142 Å². The largest absolute Gasteiger partial charge is 0.326 e. The molecule has 1 atom stereocenters. The van der Waals surface area contributed by atoms with Gasteiger partial charge in [0, 0.05) is 17.3 Å². The summed E-state index contributed by atoms with van der Waals surface area (Å²) in [7, 11) is 0. The molecule has 1 unspecified atom stereocenters. The highest BCUT2D eigenvalue weighted by Gasteiger charge is 2.29. The maximum absolute atomic E-state index is 12.5. The van der Waals surface area contributed by atoms with Gasteiger partial charge in [0.05, 0.1) is 5.92 Å². The van der Waals surface area contributed by atoms with E-state index in [0.717, 1.165) is 36.2 Å². The summed E-state index contributed by atoms with van der Waals surface area (Å²) in [6, 6.07) is 17.1. The second kappa shape index (κ2) is 7.30. The summed E-state index contributed by atoms with van der Waals surface area (Å²) in [5, 5.41) is 5.85. The Bertz CT molecular complexity index is 706. The van der Waals surface area contributed by atoms with E-state index in [1.165, 1.54) is 0 Å². The molecule has 0 heterocycles. The molecule has 2 amide bonds. The van der Waals surface area contributed by atoms with Crippen LogP contribution in [-0.2, 0) is 9.59 Å². The lowest BCUT2D eigenvalue weighted by atomic mass is 9.95. The molecule has 1 aliphatic rings. The van der Waals surface area contributed by atoms with Crippen LogP contribution in [0, 0.1) is 5.92 Å². The Balaban J connectivity index is 1.62. The summed E-state index contributed by atoms with van der Waals surface area (Å²) < 4.78 is 0. The molecule has 0 saturated heterocycles. The van der Waals surface area contributed by atoms with Crippen LogP contribution in [0.2, 0.25) is 0 Å². The molecular formula is C20H22N2O2. The Kier molecular flexibility index (Phi) is 4.94. The van der Waals surface area contributed by atoms with Gasteiger partial charge in [-0.05, 0) is 49.1 Å². The van der Waals surface area contributed by atoms with Crippen molar-refractivity contribution in [3.05, 3.63) is 60.2 Å². The normalized spacial score (nSPS) is 14.7. The average Bonchev–Trinajstić information content (AvgIpc) is 3.43. The monoisotopic (exact) mass is 322 g/mol. The fourth-order valence-electron chi connectivity index (χ4n) is 2.71. The van der Waals surface area contributed by atoms with Gasteiger partial charge >= 0.3 is 0 Å². The number of nitrogens with one attached hydrogen (secondary N) is 2. The molecule has 124 valence electrons. The smallest absolute Gasteiger partial charge is 0.231 e. The van der Waals surface area contributed by atoms with Crippen molar-refractivity contribution in [1.82, 2.24) is 0 Å². The van der Waals surface area contributed by atoms with Crippen molar-refractivity contribution < 1.29 is 9.59 Å². The molecule has 0 bridgehead atoms. The number of rotatable bonds is 6. The van der Waals surface area contributed by atoms with Gasteiger partial charge in [0.25, 0.3) is 0 Å². The van der Waals surface area contributed by atoms with Crippen molar-refractivity contribution in [2.75, 3.05) is 10.6 Å². The lowest BCUT2D eigenvalue weighted by Crippen LogP contribution is -2.20.